The van der Waals surface area contributed by atoms with Gasteiger partial charge in [0, 0.05) is 13.1 Å². The fourth-order valence-electron chi connectivity index (χ4n) is 2.03. The van der Waals surface area contributed by atoms with E-state index in [1.807, 2.05) is 0 Å². The molecule has 1 fully saturated rings. The molecule has 100 valence electrons. The molecule has 1 heterocycles. The first kappa shape index (κ1) is 14.8. The minimum absolute atomic E-state index is 0.0428. The van der Waals surface area contributed by atoms with Crippen molar-refractivity contribution in [3.05, 3.63) is 0 Å². The average molecular weight is 279 g/mol. The number of hydrogen-bond donors (Lipinski definition) is 2. The van der Waals surface area contributed by atoms with E-state index in [0.717, 1.165) is 19.6 Å². The molecule has 1 atom stereocenters. The lowest BCUT2D eigenvalue weighted by Gasteiger charge is -2.18. The van der Waals surface area contributed by atoms with Crippen molar-refractivity contribution in [3.8, 4) is 0 Å². The zero-order valence-corrected chi connectivity index (χ0v) is 11.8. The van der Waals surface area contributed by atoms with Crippen LogP contribution in [0.2, 0.25) is 0 Å². The number of hydrogen-bond acceptors (Lipinski definition) is 4. The minimum Gasteiger partial charge on any atom is -0.392 e. The summed E-state index contributed by atoms with van der Waals surface area (Å²) in [6, 6.07) is 0. The van der Waals surface area contributed by atoms with E-state index in [9.17, 15) is 8.42 Å². The van der Waals surface area contributed by atoms with Gasteiger partial charge in [-0.05, 0) is 32.4 Å². The first-order valence-corrected chi connectivity index (χ1v) is 7.93. The van der Waals surface area contributed by atoms with Crippen molar-refractivity contribution >= 4 is 27.2 Å². The van der Waals surface area contributed by atoms with Gasteiger partial charge in [-0.3, -0.25) is 0 Å². The molecule has 5 nitrogen and oxygen atoms in total. The molecule has 1 aliphatic heterocycles. The highest BCUT2D eigenvalue weighted by Gasteiger charge is 2.26. The maximum absolute atomic E-state index is 11.9. The molecule has 3 N–H and O–H groups in total. The van der Waals surface area contributed by atoms with Crippen LogP contribution in [0.4, 0.5) is 0 Å². The van der Waals surface area contributed by atoms with Gasteiger partial charge in [0.2, 0.25) is 10.0 Å². The summed E-state index contributed by atoms with van der Waals surface area (Å²) in [5, 5.41) is -0.754. The van der Waals surface area contributed by atoms with E-state index in [4.69, 9.17) is 18.0 Å². The molecule has 1 rings (SSSR count). The number of nitrogens with one attached hydrogen (secondary N) is 1. The number of nitrogens with two attached hydrogens (primary N) is 1. The lowest BCUT2D eigenvalue weighted by Crippen LogP contribution is -2.43. The zero-order valence-electron chi connectivity index (χ0n) is 10.2. The maximum Gasteiger partial charge on any atom is 0.221 e. The van der Waals surface area contributed by atoms with Gasteiger partial charge in [-0.1, -0.05) is 19.1 Å². The van der Waals surface area contributed by atoms with E-state index in [1.54, 1.807) is 6.92 Å². The van der Waals surface area contributed by atoms with Gasteiger partial charge in [0.15, 0.2) is 0 Å². The van der Waals surface area contributed by atoms with Crippen LogP contribution in [0, 0.1) is 0 Å². The summed E-state index contributed by atoms with van der Waals surface area (Å²) < 4.78 is 26.3. The Morgan fingerprint density at radius 3 is 2.53 bits per heavy atom. The monoisotopic (exact) mass is 279 g/mol. The van der Waals surface area contributed by atoms with Crippen molar-refractivity contribution < 1.29 is 8.42 Å². The average Bonchev–Trinajstić information content (AvgIpc) is 2.69. The molecule has 0 bridgehead atoms. The summed E-state index contributed by atoms with van der Waals surface area (Å²) in [6.45, 7) is 5.08. The molecule has 0 aromatic heterocycles. The Morgan fingerprint density at radius 2 is 2.06 bits per heavy atom. The summed E-state index contributed by atoms with van der Waals surface area (Å²) in [4.78, 5) is 2.30. The van der Waals surface area contributed by atoms with Crippen LogP contribution in [0.5, 0.6) is 0 Å². The lowest BCUT2D eigenvalue weighted by molar-refractivity contribution is 0.344. The van der Waals surface area contributed by atoms with Crippen LogP contribution in [0.15, 0.2) is 0 Å². The van der Waals surface area contributed by atoms with Gasteiger partial charge in [-0.25, -0.2) is 13.1 Å². The van der Waals surface area contributed by atoms with Crippen molar-refractivity contribution in [1.29, 1.82) is 0 Å². The summed E-state index contributed by atoms with van der Waals surface area (Å²) in [5.41, 5.74) is 5.43. The second-order valence-corrected chi connectivity index (χ2v) is 6.71. The number of nitrogens with zero attached hydrogens (tertiary/aromatic N) is 1. The van der Waals surface area contributed by atoms with Gasteiger partial charge in [0.1, 0.15) is 5.25 Å². The van der Waals surface area contributed by atoms with Gasteiger partial charge < -0.3 is 10.6 Å². The third-order valence-corrected chi connectivity index (χ3v) is 5.37. The highest BCUT2D eigenvalue weighted by molar-refractivity contribution is 7.93. The van der Waals surface area contributed by atoms with Gasteiger partial charge in [0.25, 0.3) is 0 Å². The molecule has 0 aromatic rings. The van der Waals surface area contributed by atoms with Gasteiger partial charge >= 0.3 is 0 Å². The smallest absolute Gasteiger partial charge is 0.221 e. The van der Waals surface area contributed by atoms with Crippen molar-refractivity contribution in [2.75, 3.05) is 26.2 Å². The highest BCUT2D eigenvalue weighted by atomic mass is 32.2. The molecule has 0 amide bonds. The quantitative estimate of drug-likeness (QED) is 0.645. The van der Waals surface area contributed by atoms with Crippen molar-refractivity contribution in [3.63, 3.8) is 0 Å². The molecule has 7 heteroatoms. The predicted molar refractivity (Wildman–Crippen MR) is 73.5 cm³/mol. The Balaban J connectivity index is 2.40. The maximum atomic E-state index is 11.9. The van der Waals surface area contributed by atoms with Gasteiger partial charge in [0.05, 0.1) is 4.99 Å². The van der Waals surface area contributed by atoms with Crippen LogP contribution in [0.3, 0.4) is 0 Å². The largest absolute Gasteiger partial charge is 0.392 e. The van der Waals surface area contributed by atoms with Crippen LogP contribution < -0.4 is 10.5 Å². The van der Waals surface area contributed by atoms with E-state index in [2.05, 4.69) is 9.62 Å². The van der Waals surface area contributed by atoms with Crippen molar-refractivity contribution in [2.45, 2.75) is 31.4 Å². The number of rotatable bonds is 7. The number of likely N-dealkylation sites (tertiary alicyclic amines) is 1. The fourth-order valence-corrected chi connectivity index (χ4v) is 3.89. The Labute approximate surface area is 109 Å². The molecule has 0 aliphatic carbocycles. The summed E-state index contributed by atoms with van der Waals surface area (Å²) in [5.74, 6) is 0. The van der Waals surface area contributed by atoms with Crippen LogP contribution >= 0.6 is 12.2 Å². The molecule has 0 radical (unpaired) electrons. The topological polar surface area (TPSA) is 75.4 Å². The molecule has 1 unspecified atom stereocenters. The third kappa shape index (κ3) is 4.50. The minimum atomic E-state index is -3.41. The van der Waals surface area contributed by atoms with E-state index in [0.29, 0.717) is 13.0 Å². The Hall–Kier alpha value is -0.240. The number of thiocarbonyl (C=S) groups is 1. The molecule has 0 aromatic carbocycles. The van der Waals surface area contributed by atoms with Crippen LogP contribution in [-0.4, -0.2) is 49.7 Å². The molecule has 1 aliphatic rings. The zero-order chi connectivity index (χ0) is 12.9. The van der Waals surface area contributed by atoms with E-state index >= 15 is 0 Å². The van der Waals surface area contributed by atoms with E-state index in [-0.39, 0.29) is 4.99 Å². The molecular weight excluding hydrogens is 258 g/mol. The SMILES string of the molecule is CCC(C(N)=S)S(=O)(=O)NCCN1CCCC1. The summed E-state index contributed by atoms with van der Waals surface area (Å²) in [7, 11) is -3.41. The second kappa shape index (κ2) is 6.63. The first-order chi connectivity index (χ1) is 7.97. The normalized spacial score (nSPS) is 19.4. The van der Waals surface area contributed by atoms with E-state index < -0.39 is 15.3 Å². The Morgan fingerprint density at radius 1 is 1.47 bits per heavy atom. The molecular formula is C10H21N3O2S2. The molecule has 17 heavy (non-hydrogen) atoms. The van der Waals surface area contributed by atoms with Gasteiger partial charge in [-0.2, -0.15) is 0 Å². The predicted octanol–water partition coefficient (Wildman–Crippen LogP) is 0.0663. The highest BCUT2D eigenvalue weighted by Crippen LogP contribution is 2.07. The number of sulfonamides is 1. The molecule has 0 spiro atoms. The third-order valence-electron chi connectivity index (χ3n) is 2.99. The standard InChI is InChI=1S/C10H21N3O2S2/c1-2-9(10(11)16)17(14,15)12-5-8-13-6-3-4-7-13/h9,12H,2-8H2,1H3,(H2,11,16). The van der Waals surface area contributed by atoms with Crippen molar-refractivity contribution in [2.24, 2.45) is 5.73 Å². The van der Waals surface area contributed by atoms with Gasteiger partial charge in [-0.15, -0.1) is 0 Å². The Kier molecular flexibility index (Phi) is 5.78. The fraction of sp³-hybridized carbons (Fsp3) is 0.900. The molecule has 1 saturated heterocycles. The first-order valence-electron chi connectivity index (χ1n) is 5.97. The van der Waals surface area contributed by atoms with Crippen LogP contribution in [0.25, 0.3) is 0 Å². The van der Waals surface area contributed by atoms with Crippen molar-refractivity contribution in [1.82, 2.24) is 9.62 Å². The Bertz CT molecular complexity index is 351. The molecule has 0 saturated carbocycles. The second-order valence-electron chi connectivity index (χ2n) is 4.29. The summed E-state index contributed by atoms with van der Waals surface area (Å²) in [6.07, 6.45) is 2.82. The van der Waals surface area contributed by atoms with Crippen LogP contribution in [0.1, 0.15) is 26.2 Å². The summed E-state index contributed by atoms with van der Waals surface area (Å²) >= 11 is 4.77. The lowest BCUT2D eigenvalue weighted by atomic mass is 10.3. The van der Waals surface area contributed by atoms with E-state index in [1.165, 1.54) is 12.8 Å². The van der Waals surface area contributed by atoms with Crippen LogP contribution in [-0.2, 0) is 10.0 Å².